The summed E-state index contributed by atoms with van der Waals surface area (Å²) >= 11 is 6.03. The summed E-state index contributed by atoms with van der Waals surface area (Å²) in [5.41, 5.74) is 1.74. The third-order valence-corrected chi connectivity index (χ3v) is 3.93. The lowest BCUT2D eigenvalue weighted by Gasteiger charge is -2.27. The molecule has 2 atom stereocenters. The molecule has 1 aromatic carbocycles. The van der Waals surface area contributed by atoms with Crippen molar-refractivity contribution in [1.29, 1.82) is 0 Å². The highest BCUT2D eigenvalue weighted by Gasteiger charge is 2.25. The van der Waals surface area contributed by atoms with E-state index in [0.717, 1.165) is 30.8 Å². The van der Waals surface area contributed by atoms with Crippen LogP contribution in [0, 0.1) is 5.92 Å². The molecule has 1 aliphatic heterocycles. The highest BCUT2D eigenvalue weighted by Crippen LogP contribution is 2.29. The van der Waals surface area contributed by atoms with Gasteiger partial charge in [-0.15, -0.1) is 0 Å². The maximum atomic E-state index is 12.4. The van der Waals surface area contributed by atoms with E-state index in [1.165, 1.54) is 0 Å². The average Bonchev–Trinajstić information content (AvgIpc) is 2.38. The molecule has 110 valence electrons. The second-order valence-electron chi connectivity index (χ2n) is 5.62. The van der Waals surface area contributed by atoms with Gasteiger partial charge < -0.3 is 15.5 Å². The van der Waals surface area contributed by atoms with Crippen molar-refractivity contribution in [1.82, 2.24) is 5.32 Å². The first kappa shape index (κ1) is 15.1. The van der Waals surface area contributed by atoms with Crippen LogP contribution < -0.4 is 15.5 Å². The fourth-order valence-electron chi connectivity index (χ4n) is 2.60. The second kappa shape index (κ2) is 6.46. The van der Waals surface area contributed by atoms with E-state index < -0.39 is 0 Å². The van der Waals surface area contributed by atoms with Gasteiger partial charge in [0.2, 0.25) is 5.91 Å². The summed E-state index contributed by atoms with van der Waals surface area (Å²) in [6, 6.07) is 5.95. The number of halogens is 1. The molecule has 1 fully saturated rings. The van der Waals surface area contributed by atoms with Crippen LogP contribution in [0.1, 0.15) is 19.8 Å². The Kier molecular flexibility index (Phi) is 4.89. The molecule has 0 spiro atoms. The zero-order valence-electron chi connectivity index (χ0n) is 12.2. The molecule has 0 radical (unpaired) electrons. The third-order valence-electron chi connectivity index (χ3n) is 3.69. The summed E-state index contributed by atoms with van der Waals surface area (Å²) in [5, 5.41) is 7.02. The van der Waals surface area contributed by atoms with E-state index in [9.17, 15) is 4.79 Å². The van der Waals surface area contributed by atoms with E-state index in [1.807, 2.05) is 31.1 Å². The number of piperidine rings is 1. The first-order valence-electron chi connectivity index (χ1n) is 6.98. The van der Waals surface area contributed by atoms with Gasteiger partial charge in [0, 0.05) is 31.1 Å². The molecule has 1 aliphatic rings. The highest BCUT2D eigenvalue weighted by molar-refractivity contribution is 6.31. The SMILES string of the molecule is C[C@H]1C[C@@H](C(=O)Nc2cc(Cl)ccc2N(C)C)CCN1. The molecular weight excluding hydrogens is 274 g/mol. The zero-order chi connectivity index (χ0) is 14.7. The molecule has 5 heteroatoms. The van der Waals surface area contributed by atoms with E-state index in [2.05, 4.69) is 17.6 Å². The van der Waals surface area contributed by atoms with Crippen molar-refractivity contribution in [3.63, 3.8) is 0 Å². The minimum absolute atomic E-state index is 0.0697. The molecule has 1 heterocycles. The van der Waals surface area contributed by atoms with Crippen molar-refractivity contribution in [3.8, 4) is 0 Å². The fraction of sp³-hybridized carbons (Fsp3) is 0.533. The van der Waals surface area contributed by atoms with E-state index >= 15 is 0 Å². The van der Waals surface area contributed by atoms with E-state index in [4.69, 9.17) is 11.6 Å². The molecule has 4 nitrogen and oxygen atoms in total. The standard InChI is InChI=1S/C15H22ClN3O/c1-10-8-11(6-7-17-10)15(20)18-13-9-12(16)4-5-14(13)19(2)3/h4-5,9-11,17H,6-8H2,1-3H3,(H,18,20)/t10-,11-/m0/s1. The maximum Gasteiger partial charge on any atom is 0.227 e. The minimum Gasteiger partial charge on any atom is -0.376 e. The Morgan fingerprint density at radius 1 is 1.45 bits per heavy atom. The Morgan fingerprint density at radius 3 is 2.85 bits per heavy atom. The summed E-state index contributed by atoms with van der Waals surface area (Å²) in [6.07, 6.45) is 1.76. The molecule has 0 saturated carbocycles. The van der Waals surface area contributed by atoms with Gasteiger partial charge in [0.25, 0.3) is 0 Å². The molecule has 1 aromatic rings. The Bertz CT molecular complexity index is 490. The summed E-state index contributed by atoms with van der Waals surface area (Å²) in [4.78, 5) is 14.4. The predicted octanol–water partition coefficient (Wildman–Crippen LogP) is 2.73. The van der Waals surface area contributed by atoms with E-state index in [-0.39, 0.29) is 11.8 Å². The molecule has 1 amide bonds. The van der Waals surface area contributed by atoms with Gasteiger partial charge in [-0.2, -0.15) is 0 Å². The highest BCUT2D eigenvalue weighted by atomic mass is 35.5. The quantitative estimate of drug-likeness (QED) is 0.901. The number of anilines is 2. The Hall–Kier alpha value is -1.26. The molecule has 0 aromatic heterocycles. The molecule has 20 heavy (non-hydrogen) atoms. The lowest BCUT2D eigenvalue weighted by Crippen LogP contribution is -2.40. The lowest BCUT2D eigenvalue weighted by atomic mass is 9.92. The van der Waals surface area contributed by atoms with Gasteiger partial charge in [-0.25, -0.2) is 0 Å². The minimum atomic E-state index is 0.0697. The van der Waals surface area contributed by atoms with Crippen LogP contribution in [0.4, 0.5) is 11.4 Å². The van der Waals surface area contributed by atoms with Crippen LogP contribution in [0.15, 0.2) is 18.2 Å². The van der Waals surface area contributed by atoms with Crippen LogP contribution in [0.2, 0.25) is 5.02 Å². The topological polar surface area (TPSA) is 44.4 Å². The first-order valence-corrected chi connectivity index (χ1v) is 7.36. The summed E-state index contributed by atoms with van der Waals surface area (Å²) in [5.74, 6) is 0.156. The third kappa shape index (κ3) is 3.64. The Labute approximate surface area is 125 Å². The Morgan fingerprint density at radius 2 is 2.20 bits per heavy atom. The van der Waals surface area contributed by atoms with Gasteiger partial charge in [0.1, 0.15) is 0 Å². The van der Waals surface area contributed by atoms with Crippen LogP contribution in [0.5, 0.6) is 0 Å². The van der Waals surface area contributed by atoms with Crippen LogP contribution in [-0.4, -0.2) is 32.6 Å². The monoisotopic (exact) mass is 295 g/mol. The molecule has 0 bridgehead atoms. The molecule has 0 aliphatic carbocycles. The number of hydrogen-bond acceptors (Lipinski definition) is 3. The normalized spacial score (nSPS) is 22.4. The second-order valence-corrected chi connectivity index (χ2v) is 6.06. The summed E-state index contributed by atoms with van der Waals surface area (Å²) in [7, 11) is 3.90. The van der Waals surface area contributed by atoms with Crippen molar-refractivity contribution in [2.75, 3.05) is 30.9 Å². The van der Waals surface area contributed by atoms with Gasteiger partial charge in [0.15, 0.2) is 0 Å². The smallest absolute Gasteiger partial charge is 0.227 e. The number of carbonyl (C=O) groups is 1. The van der Waals surface area contributed by atoms with Crippen LogP contribution in [-0.2, 0) is 4.79 Å². The number of hydrogen-bond donors (Lipinski definition) is 2. The molecule has 2 rings (SSSR count). The number of rotatable bonds is 3. The average molecular weight is 296 g/mol. The van der Waals surface area contributed by atoms with Crippen molar-refractivity contribution in [2.24, 2.45) is 5.92 Å². The predicted molar refractivity (Wildman–Crippen MR) is 84.6 cm³/mol. The van der Waals surface area contributed by atoms with Gasteiger partial charge in [0.05, 0.1) is 11.4 Å². The fourth-order valence-corrected chi connectivity index (χ4v) is 2.78. The summed E-state index contributed by atoms with van der Waals surface area (Å²) in [6.45, 7) is 3.01. The first-order chi connectivity index (χ1) is 9.47. The Balaban J connectivity index is 2.12. The largest absolute Gasteiger partial charge is 0.376 e. The molecular formula is C15H22ClN3O. The summed E-state index contributed by atoms with van der Waals surface area (Å²) < 4.78 is 0. The van der Waals surface area contributed by atoms with Gasteiger partial charge >= 0.3 is 0 Å². The van der Waals surface area contributed by atoms with E-state index in [0.29, 0.717) is 11.1 Å². The number of nitrogens with zero attached hydrogens (tertiary/aromatic N) is 1. The van der Waals surface area contributed by atoms with Gasteiger partial charge in [-0.05, 0) is 44.5 Å². The van der Waals surface area contributed by atoms with Crippen molar-refractivity contribution < 1.29 is 4.79 Å². The van der Waals surface area contributed by atoms with Crippen molar-refractivity contribution >= 4 is 28.9 Å². The van der Waals surface area contributed by atoms with Gasteiger partial charge in [-0.3, -0.25) is 4.79 Å². The molecule has 0 unspecified atom stereocenters. The number of nitrogens with one attached hydrogen (secondary N) is 2. The molecule has 2 N–H and O–H groups in total. The number of amides is 1. The van der Waals surface area contributed by atoms with Crippen molar-refractivity contribution in [3.05, 3.63) is 23.2 Å². The number of benzene rings is 1. The van der Waals surface area contributed by atoms with E-state index in [1.54, 1.807) is 6.07 Å². The van der Waals surface area contributed by atoms with Crippen LogP contribution in [0.25, 0.3) is 0 Å². The van der Waals surface area contributed by atoms with Crippen LogP contribution in [0.3, 0.4) is 0 Å². The van der Waals surface area contributed by atoms with Crippen molar-refractivity contribution in [2.45, 2.75) is 25.8 Å². The molecule has 1 saturated heterocycles. The maximum absolute atomic E-state index is 12.4. The number of carbonyl (C=O) groups excluding carboxylic acids is 1. The van der Waals surface area contributed by atoms with Gasteiger partial charge in [-0.1, -0.05) is 11.6 Å². The zero-order valence-corrected chi connectivity index (χ0v) is 13.0. The van der Waals surface area contributed by atoms with Crippen LogP contribution >= 0.6 is 11.6 Å². The lowest BCUT2D eigenvalue weighted by molar-refractivity contribution is -0.120.